The molecule has 0 amide bonds. The van der Waals surface area contributed by atoms with Crippen molar-refractivity contribution in [2.45, 2.75) is 104 Å². The molecule has 5 aliphatic carbocycles. The highest BCUT2D eigenvalue weighted by molar-refractivity contribution is 5.78. The standard InChI is InChI=1S/C37H54N2O3/c1-9-19-39-22-25-21-33(5)28(34(6,23-40)31(25)38-39)14-15-36(8)29(33)12-11-27-30-26(24(3)4)13-16-37(30,18-17-35(27,36)7)32(41)42-20-10-2/h9-10,22,26-30,40H,1-3,11-21,23H2,4-8H3/t26-,27+,28+,29+,30+,33-,34-,35+,36+,37-/m0/s1. The van der Waals surface area contributed by atoms with Crippen molar-refractivity contribution < 1.29 is 14.6 Å². The van der Waals surface area contributed by atoms with E-state index in [0.717, 1.165) is 50.6 Å². The molecule has 1 aromatic rings. The molecular weight excluding hydrogens is 520 g/mol. The summed E-state index contributed by atoms with van der Waals surface area (Å²) in [4.78, 5) is 13.8. The number of hydrogen-bond donors (Lipinski definition) is 1. The topological polar surface area (TPSA) is 64.4 Å². The lowest BCUT2D eigenvalue weighted by molar-refractivity contribution is -0.230. The van der Waals surface area contributed by atoms with Gasteiger partial charge in [-0.1, -0.05) is 58.6 Å². The second kappa shape index (κ2) is 9.94. The van der Waals surface area contributed by atoms with Crippen LogP contribution in [0.15, 0.2) is 43.7 Å². The van der Waals surface area contributed by atoms with E-state index in [-0.39, 0.29) is 34.2 Å². The van der Waals surface area contributed by atoms with E-state index >= 15 is 0 Å². The average molecular weight is 575 g/mol. The van der Waals surface area contributed by atoms with Gasteiger partial charge in [0.15, 0.2) is 0 Å². The number of carbonyl (C=O) groups excluding carboxylic acids is 1. The number of rotatable bonds is 7. The Morgan fingerprint density at radius 2 is 1.81 bits per heavy atom. The molecule has 5 nitrogen and oxygen atoms in total. The van der Waals surface area contributed by atoms with Gasteiger partial charge in [-0.2, -0.15) is 5.10 Å². The van der Waals surface area contributed by atoms with Gasteiger partial charge in [-0.15, -0.1) is 6.58 Å². The molecule has 0 aliphatic heterocycles. The molecule has 4 saturated carbocycles. The summed E-state index contributed by atoms with van der Waals surface area (Å²) < 4.78 is 7.88. The molecule has 0 radical (unpaired) electrons. The van der Waals surface area contributed by atoms with Crippen LogP contribution in [0, 0.1) is 51.2 Å². The van der Waals surface area contributed by atoms with E-state index in [1.165, 1.54) is 24.0 Å². The normalized spacial score (nSPS) is 45.4. The molecule has 0 aromatic carbocycles. The maximum Gasteiger partial charge on any atom is 0.312 e. The number of fused-ring (bicyclic) bond motifs is 8. The van der Waals surface area contributed by atoms with E-state index in [0.29, 0.717) is 42.7 Å². The third-order valence-electron chi connectivity index (χ3n) is 14.4. The van der Waals surface area contributed by atoms with Gasteiger partial charge in [-0.3, -0.25) is 9.48 Å². The van der Waals surface area contributed by atoms with Gasteiger partial charge >= 0.3 is 5.97 Å². The SMILES string of the molecule is C=CCOC(=O)[C@]12CC[C@@H](C(=C)C)[C@@H]1[C@H]1CC[C@@H]3[C@@]4(C)Cc5cn(CC=C)nc5[C@@](C)(CO)[C@@H]4CC[C@@]3(C)[C@]1(C)CC2. The van der Waals surface area contributed by atoms with Crippen molar-refractivity contribution >= 4 is 5.97 Å². The predicted molar refractivity (Wildman–Crippen MR) is 168 cm³/mol. The minimum absolute atomic E-state index is 0.0104. The number of nitrogens with zero attached hydrogens (tertiary/aromatic N) is 2. The van der Waals surface area contributed by atoms with E-state index in [2.05, 4.69) is 60.6 Å². The first-order chi connectivity index (χ1) is 19.9. The first-order valence-electron chi connectivity index (χ1n) is 16.6. The van der Waals surface area contributed by atoms with E-state index in [1.54, 1.807) is 6.08 Å². The molecule has 4 fully saturated rings. The third kappa shape index (κ3) is 3.70. The summed E-state index contributed by atoms with van der Waals surface area (Å²) in [5, 5.41) is 16.0. The zero-order valence-electron chi connectivity index (χ0n) is 26.9. The van der Waals surface area contributed by atoms with E-state index in [9.17, 15) is 9.90 Å². The van der Waals surface area contributed by atoms with Crippen LogP contribution in [0.2, 0.25) is 0 Å². The molecule has 10 atom stereocenters. The van der Waals surface area contributed by atoms with Crippen molar-refractivity contribution in [1.82, 2.24) is 9.78 Å². The average Bonchev–Trinajstić information content (AvgIpc) is 3.54. The molecule has 5 heteroatoms. The monoisotopic (exact) mass is 574 g/mol. The fourth-order valence-electron chi connectivity index (χ4n) is 12.5. The molecule has 0 spiro atoms. The highest BCUT2D eigenvalue weighted by Crippen LogP contribution is 2.77. The Morgan fingerprint density at radius 3 is 2.48 bits per heavy atom. The van der Waals surface area contributed by atoms with Gasteiger partial charge in [0.05, 0.1) is 24.3 Å². The van der Waals surface area contributed by atoms with Crippen molar-refractivity contribution in [1.29, 1.82) is 0 Å². The van der Waals surface area contributed by atoms with Gasteiger partial charge in [-0.05, 0) is 116 Å². The van der Waals surface area contributed by atoms with Crippen molar-refractivity contribution in [2.75, 3.05) is 13.2 Å². The number of aromatic nitrogens is 2. The Kier molecular flexibility index (Phi) is 7.08. The molecular formula is C37H54N2O3. The number of allylic oxidation sites excluding steroid dienone is 2. The van der Waals surface area contributed by atoms with Gasteiger partial charge in [0.2, 0.25) is 0 Å². The summed E-state index contributed by atoms with van der Waals surface area (Å²) in [6, 6.07) is 0. The smallest absolute Gasteiger partial charge is 0.312 e. The van der Waals surface area contributed by atoms with Crippen molar-refractivity contribution in [2.24, 2.45) is 51.2 Å². The number of aliphatic hydroxyl groups is 1. The zero-order chi connectivity index (χ0) is 30.3. The Morgan fingerprint density at radius 1 is 1.05 bits per heavy atom. The molecule has 42 heavy (non-hydrogen) atoms. The highest BCUT2D eigenvalue weighted by Gasteiger charge is 2.72. The lowest BCUT2D eigenvalue weighted by Gasteiger charge is -2.72. The minimum Gasteiger partial charge on any atom is -0.461 e. The van der Waals surface area contributed by atoms with Gasteiger partial charge in [0.1, 0.15) is 6.61 Å². The van der Waals surface area contributed by atoms with Crippen LogP contribution in [0.25, 0.3) is 0 Å². The maximum atomic E-state index is 13.8. The quantitative estimate of drug-likeness (QED) is 0.272. The predicted octanol–water partition coefficient (Wildman–Crippen LogP) is 7.44. The lowest BCUT2D eigenvalue weighted by Crippen LogP contribution is -2.67. The number of carbonyl (C=O) groups is 1. The Labute approximate surface area is 253 Å². The first kappa shape index (κ1) is 29.9. The summed E-state index contributed by atoms with van der Waals surface area (Å²) in [5.41, 5.74) is 3.29. The number of aliphatic hydroxyl groups excluding tert-OH is 1. The summed E-state index contributed by atoms with van der Waals surface area (Å²) in [7, 11) is 0. The molecule has 6 rings (SSSR count). The summed E-state index contributed by atoms with van der Waals surface area (Å²) in [6.07, 6.45) is 15.4. The molecule has 1 N–H and O–H groups in total. The molecule has 5 aliphatic rings. The van der Waals surface area contributed by atoms with Gasteiger partial charge < -0.3 is 9.84 Å². The van der Waals surface area contributed by atoms with Crippen LogP contribution in [-0.2, 0) is 27.9 Å². The second-order valence-electron chi connectivity index (χ2n) is 16.0. The van der Waals surface area contributed by atoms with Crippen molar-refractivity contribution in [3.8, 4) is 0 Å². The van der Waals surface area contributed by atoms with Crippen LogP contribution in [0.1, 0.15) is 97.2 Å². The Balaban J connectivity index is 1.41. The van der Waals surface area contributed by atoms with Crippen molar-refractivity contribution in [3.05, 3.63) is 54.9 Å². The Bertz CT molecular complexity index is 1300. The summed E-state index contributed by atoms with van der Waals surface area (Å²) in [6.45, 7) is 25.5. The molecule has 0 unspecified atom stereocenters. The lowest BCUT2D eigenvalue weighted by atomic mass is 9.32. The first-order valence-corrected chi connectivity index (χ1v) is 16.6. The van der Waals surface area contributed by atoms with Crippen LogP contribution >= 0.6 is 0 Å². The van der Waals surface area contributed by atoms with Gasteiger partial charge in [0, 0.05) is 11.6 Å². The Hall–Kier alpha value is -2.14. The molecule has 0 bridgehead atoms. The van der Waals surface area contributed by atoms with Gasteiger partial charge in [0.25, 0.3) is 0 Å². The fourth-order valence-corrected chi connectivity index (χ4v) is 12.5. The number of ether oxygens (including phenoxy) is 1. The highest BCUT2D eigenvalue weighted by atomic mass is 16.5. The molecule has 1 aromatic heterocycles. The van der Waals surface area contributed by atoms with E-state index < -0.39 is 5.41 Å². The second-order valence-corrected chi connectivity index (χ2v) is 16.0. The summed E-state index contributed by atoms with van der Waals surface area (Å²) in [5.74, 6) is 2.11. The van der Waals surface area contributed by atoms with Crippen LogP contribution in [0.4, 0.5) is 0 Å². The zero-order valence-corrected chi connectivity index (χ0v) is 26.9. The third-order valence-corrected chi connectivity index (χ3v) is 14.4. The van der Waals surface area contributed by atoms with E-state index in [1.807, 2.05) is 10.8 Å². The maximum absolute atomic E-state index is 13.8. The number of esters is 1. The van der Waals surface area contributed by atoms with Crippen LogP contribution < -0.4 is 0 Å². The molecule has 1 heterocycles. The van der Waals surface area contributed by atoms with Crippen LogP contribution in [-0.4, -0.2) is 34.1 Å². The molecule has 0 saturated heterocycles. The number of hydrogen-bond acceptors (Lipinski definition) is 4. The van der Waals surface area contributed by atoms with Crippen LogP contribution in [0.5, 0.6) is 0 Å². The summed E-state index contributed by atoms with van der Waals surface area (Å²) >= 11 is 0. The molecule has 230 valence electrons. The fraction of sp³-hybridized carbons (Fsp3) is 0.730. The van der Waals surface area contributed by atoms with E-state index in [4.69, 9.17) is 9.84 Å². The van der Waals surface area contributed by atoms with Crippen molar-refractivity contribution in [3.63, 3.8) is 0 Å². The largest absolute Gasteiger partial charge is 0.461 e. The van der Waals surface area contributed by atoms with Crippen LogP contribution in [0.3, 0.4) is 0 Å². The van der Waals surface area contributed by atoms with Gasteiger partial charge in [-0.25, -0.2) is 0 Å². The minimum atomic E-state index is -0.393.